The van der Waals surface area contributed by atoms with Crippen LogP contribution < -0.4 is 0 Å². The third kappa shape index (κ3) is 2.51. The van der Waals surface area contributed by atoms with E-state index in [0.29, 0.717) is 6.42 Å². The molecule has 2 aromatic carbocycles. The molecule has 2 aromatic rings. The van der Waals surface area contributed by atoms with Crippen LogP contribution in [0.1, 0.15) is 30.9 Å². The van der Waals surface area contributed by atoms with E-state index in [0.717, 1.165) is 12.7 Å². The van der Waals surface area contributed by atoms with Crippen molar-refractivity contribution in [3.05, 3.63) is 71.8 Å². The molecule has 0 atom stereocenters. The third-order valence-corrected chi connectivity index (χ3v) is 3.58. The predicted molar refractivity (Wildman–Crippen MR) is 74.6 cm³/mol. The Kier molecular flexibility index (Phi) is 3.93. The average Bonchev–Trinajstić information content (AvgIpc) is 2.46. The highest BCUT2D eigenvalue weighted by Crippen LogP contribution is 2.35. The smallest absolute Gasteiger partial charge is 0.120 e. The Bertz CT molecular complexity index is 448. The fourth-order valence-corrected chi connectivity index (χ4v) is 2.41. The van der Waals surface area contributed by atoms with Crippen LogP contribution in [-0.4, -0.2) is 6.29 Å². The summed E-state index contributed by atoms with van der Waals surface area (Å²) in [4.78, 5) is 10.7. The zero-order valence-corrected chi connectivity index (χ0v) is 10.7. The predicted octanol–water partition coefficient (Wildman–Crippen LogP) is 3.97. The van der Waals surface area contributed by atoms with E-state index in [4.69, 9.17) is 0 Å². The van der Waals surface area contributed by atoms with E-state index >= 15 is 0 Å². The van der Waals surface area contributed by atoms with E-state index in [1.807, 2.05) is 12.1 Å². The fraction of sp³-hybridized carbons (Fsp3) is 0.235. The number of carbonyl (C=O) groups excluding carboxylic acids is 1. The van der Waals surface area contributed by atoms with Gasteiger partial charge in [0.2, 0.25) is 0 Å². The average molecular weight is 238 g/mol. The molecule has 0 aromatic heterocycles. The van der Waals surface area contributed by atoms with Crippen molar-refractivity contribution in [3.63, 3.8) is 0 Å². The molecule has 0 radical (unpaired) electrons. The summed E-state index contributed by atoms with van der Waals surface area (Å²) in [5.74, 6) is 0. The molecule has 1 nitrogen and oxygen atoms in total. The van der Waals surface area contributed by atoms with Crippen molar-refractivity contribution in [3.8, 4) is 0 Å². The number of hydrogen-bond acceptors (Lipinski definition) is 1. The minimum Gasteiger partial charge on any atom is -0.303 e. The van der Waals surface area contributed by atoms with Gasteiger partial charge in [-0.25, -0.2) is 0 Å². The van der Waals surface area contributed by atoms with Crippen molar-refractivity contribution in [2.45, 2.75) is 25.2 Å². The normalized spacial score (nSPS) is 11.2. The molecular formula is C17H18O. The Balaban J connectivity index is 2.44. The second kappa shape index (κ2) is 5.63. The van der Waals surface area contributed by atoms with Crippen LogP contribution in [0.15, 0.2) is 60.7 Å². The summed E-state index contributed by atoms with van der Waals surface area (Å²) < 4.78 is 0. The quantitative estimate of drug-likeness (QED) is 0.720. The zero-order valence-electron chi connectivity index (χ0n) is 10.7. The van der Waals surface area contributed by atoms with E-state index in [9.17, 15) is 4.79 Å². The minimum atomic E-state index is -0.0938. The van der Waals surface area contributed by atoms with E-state index < -0.39 is 0 Å². The first-order chi connectivity index (χ1) is 8.77. The molecule has 18 heavy (non-hydrogen) atoms. The van der Waals surface area contributed by atoms with Crippen molar-refractivity contribution in [2.75, 3.05) is 0 Å². The van der Waals surface area contributed by atoms with E-state index in [2.05, 4.69) is 55.5 Å². The molecular weight excluding hydrogens is 220 g/mol. The molecule has 0 aliphatic heterocycles. The Morgan fingerprint density at radius 2 is 1.33 bits per heavy atom. The van der Waals surface area contributed by atoms with Crippen LogP contribution in [0.2, 0.25) is 0 Å². The second-order valence-corrected chi connectivity index (χ2v) is 4.77. The molecule has 0 saturated carbocycles. The van der Waals surface area contributed by atoms with Crippen molar-refractivity contribution in [2.24, 2.45) is 0 Å². The van der Waals surface area contributed by atoms with Gasteiger partial charge in [0.05, 0.1) is 0 Å². The molecule has 0 N–H and O–H groups in total. The summed E-state index contributed by atoms with van der Waals surface area (Å²) in [6.07, 6.45) is 2.43. The molecule has 0 saturated heterocycles. The van der Waals surface area contributed by atoms with E-state index in [1.165, 1.54) is 11.1 Å². The number of hydrogen-bond donors (Lipinski definition) is 0. The molecule has 0 fully saturated rings. The standard InChI is InChI=1S/C17H18O/c1-17(13-8-14-18,15-9-4-2-5-10-15)16-11-6-3-7-12-16/h2-7,9-12,14H,8,13H2,1H3. The maximum absolute atomic E-state index is 10.7. The van der Waals surface area contributed by atoms with Crippen LogP contribution in [0, 0.1) is 0 Å². The largest absolute Gasteiger partial charge is 0.303 e. The van der Waals surface area contributed by atoms with Crippen LogP contribution >= 0.6 is 0 Å². The summed E-state index contributed by atoms with van der Waals surface area (Å²) >= 11 is 0. The minimum absolute atomic E-state index is 0.0938. The van der Waals surface area contributed by atoms with Gasteiger partial charge in [-0.05, 0) is 17.5 Å². The molecule has 0 bridgehead atoms. The first kappa shape index (κ1) is 12.6. The lowest BCUT2D eigenvalue weighted by atomic mass is 9.73. The summed E-state index contributed by atoms with van der Waals surface area (Å²) in [5, 5.41) is 0. The Morgan fingerprint density at radius 3 is 1.72 bits per heavy atom. The molecule has 0 aliphatic carbocycles. The first-order valence-electron chi connectivity index (χ1n) is 6.32. The highest BCUT2D eigenvalue weighted by Gasteiger charge is 2.27. The molecule has 1 heteroatoms. The van der Waals surface area contributed by atoms with Crippen molar-refractivity contribution >= 4 is 6.29 Å². The molecule has 2 rings (SSSR count). The second-order valence-electron chi connectivity index (χ2n) is 4.77. The van der Waals surface area contributed by atoms with Crippen LogP contribution in [0.3, 0.4) is 0 Å². The van der Waals surface area contributed by atoms with Gasteiger partial charge in [0.15, 0.2) is 0 Å². The van der Waals surface area contributed by atoms with E-state index in [1.54, 1.807) is 0 Å². The topological polar surface area (TPSA) is 17.1 Å². The van der Waals surface area contributed by atoms with Crippen molar-refractivity contribution in [1.82, 2.24) is 0 Å². The Hall–Kier alpha value is -1.89. The van der Waals surface area contributed by atoms with Gasteiger partial charge in [-0.1, -0.05) is 67.6 Å². The summed E-state index contributed by atoms with van der Waals surface area (Å²) in [6.45, 7) is 2.21. The molecule has 0 amide bonds. The lowest BCUT2D eigenvalue weighted by molar-refractivity contribution is -0.108. The Labute approximate surface area is 108 Å². The molecule has 0 aliphatic rings. The van der Waals surface area contributed by atoms with Gasteiger partial charge in [0.1, 0.15) is 6.29 Å². The van der Waals surface area contributed by atoms with Gasteiger partial charge < -0.3 is 4.79 Å². The lowest BCUT2D eigenvalue weighted by Crippen LogP contribution is -2.23. The number of aldehydes is 1. The highest BCUT2D eigenvalue weighted by atomic mass is 16.1. The van der Waals surface area contributed by atoms with Gasteiger partial charge in [-0.3, -0.25) is 0 Å². The maximum Gasteiger partial charge on any atom is 0.120 e. The maximum atomic E-state index is 10.7. The third-order valence-electron chi connectivity index (χ3n) is 3.58. The van der Waals surface area contributed by atoms with Gasteiger partial charge >= 0.3 is 0 Å². The summed E-state index contributed by atoms with van der Waals surface area (Å²) in [7, 11) is 0. The lowest BCUT2D eigenvalue weighted by Gasteiger charge is -2.30. The number of carbonyl (C=O) groups is 1. The van der Waals surface area contributed by atoms with Gasteiger partial charge in [-0.2, -0.15) is 0 Å². The van der Waals surface area contributed by atoms with Gasteiger partial charge in [0, 0.05) is 11.8 Å². The first-order valence-corrected chi connectivity index (χ1v) is 6.32. The summed E-state index contributed by atoms with van der Waals surface area (Å²) in [5.41, 5.74) is 2.43. The molecule has 92 valence electrons. The van der Waals surface area contributed by atoms with Crippen LogP contribution in [0.5, 0.6) is 0 Å². The van der Waals surface area contributed by atoms with Crippen LogP contribution in [-0.2, 0) is 10.2 Å². The van der Waals surface area contributed by atoms with Crippen molar-refractivity contribution in [1.29, 1.82) is 0 Å². The molecule has 0 unspecified atom stereocenters. The van der Waals surface area contributed by atoms with E-state index in [-0.39, 0.29) is 5.41 Å². The van der Waals surface area contributed by atoms with Crippen LogP contribution in [0.4, 0.5) is 0 Å². The monoisotopic (exact) mass is 238 g/mol. The highest BCUT2D eigenvalue weighted by molar-refractivity contribution is 5.51. The van der Waals surface area contributed by atoms with Crippen molar-refractivity contribution < 1.29 is 4.79 Å². The van der Waals surface area contributed by atoms with Crippen LogP contribution in [0.25, 0.3) is 0 Å². The molecule has 0 spiro atoms. The Morgan fingerprint density at radius 1 is 0.889 bits per heavy atom. The zero-order chi connectivity index (χ0) is 12.8. The van der Waals surface area contributed by atoms with Gasteiger partial charge in [0.25, 0.3) is 0 Å². The SMILES string of the molecule is CC(CCC=O)(c1ccccc1)c1ccccc1. The van der Waals surface area contributed by atoms with Gasteiger partial charge in [-0.15, -0.1) is 0 Å². The number of rotatable bonds is 5. The fourth-order valence-electron chi connectivity index (χ4n) is 2.41. The molecule has 0 heterocycles. The summed E-state index contributed by atoms with van der Waals surface area (Å²) in [6, 6.07) is 20.8. The number of benzene rings is 2.